The highest BCUT2D eigenvalue weighted by atomic mass is 32.3. The molecule has 152 valence electrons. The van der Waals surface area contributed by atoms with Gasteiger partial charge >= 0.3 is 10.4 Å². The molecule has 6 heteroatoms. The van der Waals surface area contributed by atoms with Crippen molar-refractivity contribution in [2.75, 3.05) is 0 Å². The van der Waals surface area contributed by atoms with E-state index in [1.165, 1.54) is 5.57 Å². The van der Waals surface area contributed by atoms with E-state index in [9.17, 15) is 13.2 Å². The van der Waals surface area contributed by atoms with Crippen LogP contribution in [0.4, 0.5) is 0 Å². The molecule has 0 aliphatic heterocycles. The van der Waals surface area contributed by atoms with Gasteiger partial charge in [0.05, 0.1) is 6.10 Å². The lowest BCUT2D eigenvalue weighted by molar-refractivity contribution is -0.127. The van der Waals surface area contributed by atoms with Crippen molar-refractivity contribution in [3.8, 4) is 0 Å². The summed E-state index contributed by atoms with van der Waals surface area (Å²) in [4.78, 5) is 12.2. The molecule has 0 radical (unpaired) electrons. The predicted octanol–water partition coefficient (Wildman–Crippen LogP) is 4.34. The quantitative estimate of drug-likeness (QED) is 0.567. The van der Waals surface area contributed by atoms with Gasteiger partial charge in [0.15, 0.2) is 0 Å². The lowest BCUT2D eigenvalue weighted by Gasteiger charge is -2.58. The number of Topliss-reactive ketones (excluding diaryl/α,β-unsaturated/α-hetero) is 1. The molecule has 7 atom stereocenters. The molecule has 0 amide bonds. The van der Waals surface area contributed by atoms with Gasteiger partial charge in [-0.25, -0.2) is 4.18 Å². The Morgan fingerprint density at radius 1 is 1.15 bits per heavy atom. The molecule has 0 bridgehead atoms. The molecule has 3 saturated carbocycles. The summed E-state index contributed by atoms with van der Waals surface area (Å²) < 4.78 is 36.1. The third-order valence-corrected chi connectivity index (χ3v) is 9.32. The molecule has 27 heavy (non-hydrogen) atoms. The summed E-state index contributed by atoms with van der Waals surface area (Å²) in [6.07, 6.45) is 9.54. The smallest absolute Gasteiger partial charge is 0.300 e. The summed E-state index contributed by atoms with van der Waals surface area (Å²) in [5.41, 5.74) is 1.56. The second-order valence-electron chi connectivity index (χ2n) is 9.93. The molecule has 0 spiro atoms. The first-order chi connectivity index (χ1) is 12.5. The number of hydrogen-bond donors (Lipinski definition) is 1. The number of allylic oxidation sites excluding steroid dienone is 1. The zero-order chi connectivity index (χ0) is 19.6. The summed E-state index contributed by atoms with van der Waals surface area (Å²) in [6.45, 7) is 6.46. The van der Waals surface area contributed by atoms with Crippen molar-refractivity contribution < 1.29 is 21.9 Å². The summed E-state index contributed by atoms with van der Waals surface area (Å²) >= 11 is 0. The highest BCUT2D eigenvalue weighted by molar-refractivity contribution is 7.80. The van der Waals surface area contributed by atoms with Crippen molar-refractivity contribution in [2.45, 2.75) is 78.2 Å². The molecule has 4 rings (SSSR count). The minimum absolute atomic E-state index is 0.0949. The van der Waals surface area contributed by atoms with E-state index in [0.717, 1.165) is 38.5 Å². The van der Waals surface area contributed by atoms with Crippen LogP contribution in [0.3, 0.4) is 0 Å². The Hall–Kier alpha value is -0.720. The second kappa shape index (κ2) is 6.39. The number of carbonyl (C=O) groups is 1. The van der Waals surface area contributed by atoms with Crippen LogP contribution >= 0.6 is 0 Å². The van der Waals surface area contributed by atoms with Crippen molar-refractivity contribution >= 4 is 16.2 Å². The normalized spacial score (nSPS) is 46.8. The third kappa shape index (κ3) is 3.12. The van der Waals surface area contributed by atoms with Crippen LogP contribution in [0, 0.1) is 34.5 Å². The van der Waals surface area contributed by atoms with Gasteiger partial charge in [-0.05, 0) is 86.9 Å². The number of hydrogen-bond acceptors (Lipinski definition) is 4. The van der Waals surface area contributed by atoms with Crippen molar-refractivity contribution in [3.63, 3.8) is 0 Å². The number of rotatable bonds is 3. The van der Waals surface area contributed by atoms with Gasteiger partial charge in [-0.2, -0.15) is 8.42 Å². The maximum absolute atomic E-state index is 12.2. The first-order valence-electron chi connectivity index (χ1n) is 10.4. The monoisotopic (exact) mass is 396 g/mol. The maximum atomic E-state index is 12.2. The van der Waals surface area contributed by atoms with Crippen LogP contribution in [0.15, 0.2) is 11.6 Å². The molecular formula is C21H32O5S. The SMILES string of the molecule is CC(=O)[C@@H]1CC[C@@H]2[C@@H]3CC=C4C[C@@H](OS(=O)(=O)O)CC[C@@]4(C)[C@@H]3CC[C@@]21C. The van der Waals surface area contributed by atoms with Crippen molar-refractivity contribution in [1.82, 2.24) is 0 Å². The van der Waals surface area contributed by atoms with Crippen LogP contribution in [0.2, 0.25) is 0 Å². The first-order valence-corrected chi connectivity index (χ1v) is 11.8. The van der Waals surface area contributed by atoms with E-state index >= 15 is 0 Å². The van der Waals surface area contributed by atoms with Crippen LogP contribution in [-0.2, 0) is 19.4 Å². The third-order valence-electron chi connectivity index (χ3n) is 8.81. The Kier molecular flexibility index (Phi) is 4.64. The molecule has 0 aromatic heterocycles. The first kappa shape index (κ1) is 19.6. The Balaban J connectivity index is 1.58. The predicted molar refractivity (Wildman–Crippen MR) is 102 cm³/mol. The van der Waals surface area contributed by atoms with Crippen LogP contribution < -0.4 is 0 Å². The standard InChI is InChI=1S/C21H32O5S/c1-13(22)17-6-7-18-16-5-4-14-12-15(26-27(23,24)25)8-10-20(14,2)19(16)9-11-21(17,18)3/h4,15-19H,5-12H2,1-3H3,(H,23,24,25)/t15-,16-,17-,18+,19+,20+,21+/m0/s1. The molecule has 0 saturated heterocycles. The minimum atomic E-state index is -4.40. The minimum Gasteiger partial charge on any atom is -0.300 e. The molecular weight excluding hydrogens is 364 g/mol. The van der Waals surface area contributed by atoms with Crippen molar-refractivity contribution in [1.29, 1.82) is 0 Å². The highest BCUT2D eigenvalue weighted by Gasteiger charge is 2.59. The molecule has 0 aromatic carbocycles. The Labute approximate surface area is 162 Å². The topological polar surface area (TPSA) is 80.7 Å². The second-order valence-corrected chi connectivity index (χ2v) is 11.0. The summed E-state index contributed by atoms with van der Waals surface area (Å²) in [5.74, 6) is 2.43. The molecule has 5 nitrogen and oxygen atoms in total. The van der Waals surface area contributed by atoms with Crippen LogP contribution in [0.25, 0.3) is 0 Å². The van der Waals surface area contributed by atoms with Gasteiger partial charge in [0.2, 0.25) is 0 Å². The zero-order valence-corrected chi connectivity index (χ0v) is 17.4. The molecule has 0 unspecified atom stereocenters. The molecule has 4 aliphatic carbocycles. The van der Waals surface area contributed by atoms with Gasteiger partial charge in [-0.1, -0.05) is 25.5 Å². The number of carbonyl (C=O) groups excluding carboxylic acids is 1. The van der Waals surface area contributed by atoms with Gasteiger partial charge in [-0.3, -0.25) is 9.35 Å². The van der Waals surface area contributed by atoms with Gasteiger partial charge < -0.3 is 0 Å². The molecule has 0 aromatic rings. The fraction of sp³-hybridized carbons (Fsp3) is 0.857. The van der Waals surface area contributed by atoms with Gasteiger partial charge in [0, 0.05) is 5.92 Å². The lowest BCUT2D eigenvalue weighted by Crippen LogP contribution is -2.51. The Bertz CT molecular complexity index is 771. The average molecular weight is 397 g/mol. The molecule has 0 heterocycles. The molecule has 4 aliphatic rings. The fourth-order valence-corrected chi connectivity index (χ4v) is 8.06. The average Bonchev–Trinajstić information content (AvgIpc) is 2.91. The van der Waals surface area contributed by atoms with E-state index in [1.807, 2.05) is 0 Å². The van der Waals surface area contributed by atoms with Crippen LogP contribution in [-0.4, -0.2) is 24.9 Å². The van der Waals surface area contributed by atoms with E-state index in [4.69, 9.17) is 8.74 Å². The summed E-state index contributed by atoms with van der Waals surface area (Å²) in [6, 6.07) is 0. The fourth-order valence-electron chi connectivity index (χ4n) is 7.55. The molecule has 1 N–H and O–H groups in total. The molecule has 3 fully saturated rings. The van der Waals surface area contributed by atoms with E-state index in [1.54, 1.807) is 6.92 Å². The van der Waals surface area contributed by atoms with Gasteiger partial charge in [-0.15, -0.1) is 0 Å². The van der Waals surface area contributed by atoms with Crippen molar-refractivity contribution in [3.05, 3.63) is 11.6 Å². The van der Waals surface area contributed by atoms with E-state index in [0.29, 0.717) is 36.4 Å². The Morgan fingerprint density at radius 2 is 1.89 bits per heavy atom. The highest BCUT2D eigenvalue weighted by Crippen LogP contribution is 2.66. The number of fused-ring (bicyclic) bond motifs is 5. The largest absolute Gasteiger partial charge is 0.397 e. The Morgan fingerprint density at radius 3 is 2.56 bits per heavy atom. The van der Waals surface area contributed by atoms with Crippen LogP contribution in [0.5, 0.6) is 0 Å². The van der Waals surface area contributed by atoms with Crippen LogP contribution in [0.1, 0.15) is 72.1 Å². The van der Waals surface area contributed by atoms with E-state index in [-0.39, 0.29) is 16.7 Å². The summed E-state index contributed by atoms with van der Waals surface area (Å²) in [5, 5.41) is 0. The lowest BCUT2D eigenvalue weighted by atomic mass is 9.47. The van der Waals surface area contributed by atoms with Gasteiger partial charge in [0.25, 0.3) is 0 Å². The summed E-state index contributed by atoms with van der Waals surface area (Å²) in [7, 11) is -4.40. The van der Waals surface area contributed by atoms with Gasteiger partial charge in [0.1, 0.15) is 5.78 Å². The zero-order valence-electron chi connectivity index (χ0n) is 16.6. The maximum Gasteiger partial charge on any atom is 0.397 e. The van der Waals surface area contributed by atoms with Crippen molar-refractivity contribution in [2.24, 2.45) is 34.5 Å². The van der Waals surface area contributed by atoms with E-state index in [2.05, 4.69) is 19.9 Å². The number of ketones is 1. The van der Waals surface area contributed by atoms with E-state index < -0.39 is 16.5 Å².